The van der Waals surface area contributed by atoms with Crippen molar-refractivity contribution < 1.29 is 9.53 Å². The number of nitrogens with zero attached hydrogens (tertiary/aromatic N) is 1. The second-order valence-electron chi connectivity index (χ2n) is 6.58. The number of benzene rings is 1. The minimum absolute atomic E-state index is 0.0282. The van der Waals surface area contributed by atoms with Crippen LogP contribution in [0.25, 0.3) is 0 Å². The van der Waals surface area contributed by atoms with Crippen molar-refractivity contribution in [3.05, 3.63) is 35.9 Å². The van der Waals surface area contributed by atoms with Gasteiger partial charge in [0.05, 0.1) is 6.61 Å². The zero-order valence-electron chi connectivity index (χ0n) is 14.7. The van der Waals surface area contributed by atoms with Gasteiger partial charge in [0.1, 0.15) is 0 Å². The SMILES string of the molecule is CCCCCC1C(CC(=O)OCC)CCN1Cc1ccccc1. The number of rotatable bonds is 9. The molecular formula is C20H31NO2. The van der Waals surface area contributed by atoms with Crippen LogP contribution in [-0.4, -0.2) is 30.1 Å². The van der Waals surface area contributed by atoms with Gasteiger partial charge in [-0.3, -0.25) is 9.69 Å². The molecule has 1 heterocycles. The Morgan fingerprint density at radius 1 is 1.22 bits per heavy atom. The molecule has 1 fully saturated rings. The first kappa shape index (κ1) is 18.0. The molecule has 23 heavy (non-hydrogen) atoms. The van der Waals surface area contributed by atoms with Gasteiger partial charge in [-0.15, -0.1) is 0 Å². The summed E-state index contributed by atoms with van der Waals surface area (Å²) >= 11 is 0. The smallest absolute Gasteiger partial charge is 0.306 e. The van der Waals surface area contributed by atoms with Crippen molar-refractivity contribution in [1.29, 1.82) is 0 Å². The van der Waals surface area contributed by atoms with Gasteiger partial charge in [-0.2, -0.15) is 0 Å². The fraction of sp³-hybridized carbons (Fsp3) is 0.650. The van der Waals surface area contributed by atoms with E-state index in [2.05, 4.69) is 42.2 Å². The van der Waals surface area contributed by atoms with Crippen LogP contribution >= 0.6 is 0 Å². The van der Waals surface area contributed by atoms with Crippen LogP contribution in [0.1, 0.15) is 57.9 Å². The Balaban J connectivity index is 1.97. The molecule has 128 valence electrons. The highest BCUT2D eigenvalue weighted by Crippen LogP contribution is 2.32. The fourth-order valence-electron chi connectivity index (χ4n) is 3.70. The number of unbranched alkanes of at least 4 members (excludes halogenated alkanes) is 2. The Morgan fingerprint density at radius 2 is 2.00 bits per heavy atom. The van der Waals surface area contributed by atoms with Crippen LogP contribution < -0.4 is 0 Å². The first-order chi connectivity index (χ1) is 11.2. The zero-order chi connectivity index (χ0) is 16.5. The molecule has 0 bridgehead atoms. The molecule has 2 rings (SSSR count). The quantitative estimate of drug-likeness (QED) is 0.499. The Labute approximate surface area is 141 Å². The van der Waals surface area contributed by atoms with E-state index >= 15 is 0 Å². The molecule has 0 radical (unpaired) electrons. The maximum atomic E-state index is 11.9. The fourth-order valence-corrected chi connectivity index (χ4v) is 3.70. The molecule has 1 aliphatic rings. The van der Waals surface area contributed by atoms with Crippen molar-refractivity contribution in [2.45, 2.75) is 65.0 Å². The van der Waals surface area contributed by atoms with Crippen LogP contribution in [-0.2, 0) is 16.1 Å². The second-order valence-corrected chi connectivity index (χ2v) is 6.58. The average molecular weight is 317 g/mol. The summed E-state index contributed by atoms with van der Waals surface area (Å²) in [5.41, 5.74) is 1.37. The van der Waals surface area contributed by atoms with E-state index in [1.807, 2.05) is 6.92 Å². The summed E-state index contributed by atoms with van der Waals surface area (Å²) in [6.07, 6.45) is 6.67. The first-order valence-corrected chi connectivity index (χ1v) is 9.18. The molecule has 0 aromatic heterocycles. The number of carbonyl (C=O) groups excluding carboxylic acids is 1. The van der Waals surface area contributed by atoms with Gasteiger partial charge in [0.2, 0.25) is 0 Å². The monoisotopic (exact) mass is 317 g/mol. The number of hydrogen-bond donors (Lipinski definition) is 0. The van der Waals surface area contributed by atoms with Crippen LogP contribution in [0.5, 0.6) is 0 Å². The van der Waals surface area contributed by atoms with Gasteiger partial charge >= 0.3 is 5.97 Å². The summed E-state index contributed by atoms with van der Waals surface area (Å²) in [6.45, 7) is 6.70. The molecule has 0 spiro atoms. The van der Waals surface area contributed by atoms with Crippen molar-refractivity contribution in [3.63, 3.8) is 0 Å². The van der Waals surface area contributed by atoms with Crippen LogP contribution in [0.2, 0.25) is 0 Å². The third kappa shape index (κ3) is 5.65. The number of hydrogen-bond acceptors (Lipinski definition) is 3. The summed E-state index contributed by atoms with van der Waals surface area (Å²) in [4.78, 5) is 14.5. The van der Waals surface area contributed by atoms with E-state index in [4.69, 9.17) is 4.74 Å². The van der Waals surface area contributed by atoms with Crippen molar-refractivity contribution in [2.75, 3.05) is 13.2 Å². The van der Waals surface area contributed by atoms with Gasteiger partial charge in [-0.1, -0.05) is 56.5 Å². The average Bonchev–Trinajstić information content (AvgIpc) is 2.91. The predicted molar refractivity (Wildman–Crippen MR) is 94.1 cm³/mol. The topological polar surface area (TPSA) is 29.5 Å². The van der Waals surface area contributed by atoms with Gasteiger partial charge in [-0.05, 0) is 37.8 Å². The highest BCUT2D eigenvalue weighted by Gasteiger charge is 2.34. The number of likely N-dealkylation sites (tertiary alicyclic amines) is 1. The van der Waals surface area contributed by atoms with Crippen LogP contribution in [0, 0.1) is 5.92 Å². The number of esters is 1. The van der Waals surface area contributed by atoms with Gasteiger partial charge in [0.25, 0.3) is 0 Å². The molecule has 1 saturated heterocycles. The molecule has 1 aromatic rings. The molecule has 0 amide bonds. The van der Waals surface area contributed by atoms with Gasteiger partial charge in [0, 0.05) is 19.0 Å². The summed E-state index contributed by atoms with van der Waals surface area (Å²) in [6, 6.07) is 11.2. The molecule has 0 aliphatic carbocycles. The van der Waals surface area contributed by atoms with E-state index in [1.54, 1.807) is 0 Å². The lowest BCUT2D eigenvalue weighted by atomic mass is 9.92. The Bertz CT molecular complexity index is 460. The van der Waals surface area contributed by atoms with E-state index in [-0.39, 0.29) is 5.97 Å². The lowest BCUT2D eigenvalue weighted by molar-refractivity contribution is -0.144. The van der Waals surface area contributed by atoms with Crippen molar-refractivity contribution in [2.24, 2.45) is 5.92 Å². The van der Waals surface area contributed by atoms with E-state index < -0.39 is 0 Å². The first-order valence-electron chi connectivity index (χ1n) is 9.18. The molecule has 2 atom stereocenters. The molecule has 1 aliphatic heterocycles. The molecular weight excluding hydrogens is 286 g/mol. The standard InChI is InChI=1S/C20H31NO2/c1-3-5-7-12-19-18(15-20(22)23-4-2)13-14-21(19)16-17-10-8-6-9-11-17/h6,8-11,18-19H,3-5,7,12-16H2,1-2H3. The van der Waals surface area contributed by atoms with Crippen LogP contribution in [0.15, 0.2) is 30.3 Å². The Hall–Kier alpha value is -1.35. The second kappa shape index (κ2) is 9.71. The largest absolute Gasteiger partial charge is 0.466 e. The third-order valence-corrected chi connectivity index (χ3v) is 4.87. The summed E-state index contributed by atoms with van der Waals surface area (Å²) in [7, 11) is 0. The third-order valence-electron chi connectivity index (χ3n) is 4.87. The molecule has 0 saturated carbocycles. The minimum atomic E-state index is -0.0282. The number of ether oxygens (including phenoxy) is 1. The van der Waals surface area contributed by atoms with E-state index in [0.29, 0.717) is 25.0 Å². The maximum Gasteiger partial charge on any atom is 0.306 e. The zero-order valence-corrected chi connectivity index (χ0v) is 14.7. The molecule has 0 N–H and O–H groups in total. The molecule has 2 unspecified atom stereocenters. The molecule has 1 aromatic carbocycles. The molecule has 3 heteroatoms. The van der Waals surface area contributed by atoms with Crippen LogP contribution in [0.3, 0.4) is 0 Å². The van der Waals surface area contributed by atoms with Crippen molar-refractivity contribution in [3.8, 4) is 0 Å². The van der Waals surface area contributed by atoms with E-state index in [9.17, 15) is 4.79 Å². The summed E-state index contributed by atoms with van der Waals surface area (Å²) < 4.78 is 5.17. The maximum absolute atomic E-state index is 11.9. The lowest BCUT2D eigenvalue weighted by Crippen LogP contribution is -2.33. The Morgan fingerprint density at radius 3 is 2.70 bits per heavy atom. The summed E-state index contributed by atoms with van der Waals surface area (Å²) in [5, 5.41) is 0. The van der Waals surface area contributed by atoms with E-state index in [1.165, 1.54) is 31.2 Å². The molecule has 3 nitrogen and oxygen atoms in total. The van der Waals surface area contributed by atoms with Gasteiger partial charge < -0.3 is 4.74 Å². The van der Waals surface area contributed by atoms with Gasteiger partial charge in [0.15, 0.2) is 0 Å². The highest BCUT2D eigenvalue weighted by molar-refractivity contribution is 5.69. The van der Waals surface area contributed by atoms with Crippen molar-refractivity contribution in [1.82, 2.24) is 4.90 Å². The van der Waals surface area contributed by atoms with Gasteiger partial charge in [-0.25, -0.2) is 0 Å². The van der Waals surface area contributed by atoms with Crippen molar-refractivity contribution >= 4 is 5.97 Å². The predicted octanol–water partition coefficient (Wildman–Crippen LogP) is 4.41. The minimum Gasteiger partial charge on any atom is -0.466 e. The summed E-state index contributed by atoms with van der Waals surface area (Å²) in [5.74, 6) is 0.425. The Kier molecular flexibility index (Phi) is 7.60. The number of carbonyl (C=O) groups is 1. The lowest BCUT2D eigenvalue weighted by Gasteiger charge is -2.28. The highest BCUT2D eigenvalue weighted by atomic mass is 16.5. The normalized spacial score (nSPS) is 21.5. The van der Waals surface area contributed by atoms with E-state index in [0.717, 1.165) is 19.5 Å². The van der Waals surface area contributed by atoms with Crippen LogP contribution in [0.4, 0.5) is 0 Å².